The lowest BCUT2D eigenvalue weighted by Crippen LogP contribution is -2.33. The Morgan fingerprint density at radius 1 is 1.26 bits per heavy atom. The Hall–Kier alpha value is -2.84. The number of carbonyl (C=O) groups is 1. The third-order valence-electron chi connectivity index (χ3n) is 2.55. The number of hydrogen-bond acceptors (Lipinski definition) is 4. The highest BCUT2D eigenvalue weighted by Crippen LogP contribution is 2.27. The quantitative estimate of drug-likeness (QED) is 0.502. The van der Waals surface area contributed by atoms with Crippen molar-refractivity contribution in [1.82, 2.24) is 5.43 Å². The molecule has 1 aromatic carbocycles. The first-order chi connectivity index (χ1) is 10.9. The van der Waals surface area contributed by atoms with Gasteiger partial charge in [0.15, 0.2) is 0 Å². The molecule has 2 aromatic rings. The molecular formula is C14H10F4N2O3. The molecule has 1 N–H and O–H groups in total. The molecule has 0 spiro atoms. The number of alkyl halides is 4. The molecule has 122 valence electrons. The average Bonchev–Trinajstić information content (AvgIpc) is 3.00. The Kier molecular flexibility index (Phi) is 4.99. The summed E-state index contributed by atoms with van der Waals surface area (Å²) >= 11 is 0. The van der Waals surface area contributed by atoms with Gasteiger partial charge in [0.25, 0.3) is 5.91 Å². The van der Waals surface area contributed by atoms with Crippen LogP contribution in [0.25, 0.3) is 0 Å². The lowest BCUT2D eigenvalue weighted by atomic mass is 10.2. The number of rotatable bonds is 6. The van der Waals surface area contributed by atoms with Gasteiger partial charge in [0, 0.05) is 11.1 Å². The van der Waals surface area contributed by atoms with E-state index in [9.17, 15) is 22.4 Å². The first-order valence-electron chi connectivity index (χ1n) is 6.19. The van der Waals surface area contributed by atoms with Crippen LogP contribution in [0.4, 0.5) is 17.6 Å². The van der Waals surface area contributed by atoms with Crippen molar-refractivity contribution >= 4 is 12.1 Å². The van der Waals surface area contributed by atoms with Crippen LogP contribution in [0.15, 0.2) is 52.4 Å². The first-order valence-corrected chi connectivity index (χ1v) is 6.19. The molecule has 0 atom stereocenters. The first kappa shape index (κ1) is 16.5. The fraction of sp³-hybridized carbons (Fsp3) is 0.143. The van der Waals surface area contributed by atoms with Gasteiger partial charge in [-0.2, -0.15) is 22.7 Å². The van der Waals surface area contributed by atoms with Gasteiger partial charge in [0.2, 0.25) is 0 Å². The van der Waals surface area contributed by atoms with Gasteiger partial charge in [-0.05, 0) is 30.3 Å². The van der Waals surface area contributed by atoms with Crippen LogP contribution >= 0.6 is 0 Å². The van der Waals surface area contributed by atoms with E-state index in [-0.39, 0.29) is 5.56 Å². The molecule has 0 aliphatic rings. The summed E-state index contributed by atoms with van der Waals surface area (Å²) in [4.78, 5) is 11.7. The molecule has 0 aliphatic heterocycles. The van der Waals surface area contributed by atoms with Crippen LogP contribution in [0.2, 0.25) is 0 Å². The van der Waals surface area contributed by atoms with Gasteiger partial charge in [-0.3, -0.25) is 4.79 Å². The van der Waals surface area contributed by atoms with E-state index >= 15 is 0 Å². The number of amides is 1. The highest BCUT2D eigenvalue weighted by atomic mass is 19.3. The second-order valence-corrected chi connectivity index (χ2v) is 4.24. The van der Waals surface area contributed by atoms with Gasteiger partial charge < -0.3 is 9.15 Å². The van der Waals surface area contributed by atoms with Crippen molar-refractivity contribution in [3.8, 4) is 5.75 Å². The number of carbonyl (C=O) groups excluding carboxylic acids is 1. The third kappa shape index (κ3) is 4.56. The van der Waals surface area contributed by atoms with E-state index in [2.05, 4.69) is 15.3 Å². The van der Waals surface area contributed by atoms with Crippen molar-refractivity contribution in [3.63, 3.8) is 0 Å². The van der Waals surface area contributed by atoms with E-state index in [1.54, 1.807) is 6.07 Å². The van der Waals surface area contributed by atoms with Crippen molar-refractivity contribution in [2.45, 2.75) is 12.5 Å². The van der Waals surface area contributed by atoms with Gasteiger partial charge in [0.1, 0.15) is 5.75 Å². The number of nitrogens with one attached hydrogen (secondary N) is 1. The largest absolute Gasteiger partial charge is 0.472 e. The molecule has 0 saturated heterocycles. The summed E-state index contributed by atoms with van der Waals surface area (Å²) in [6.45, 7) is 0. The van der Waals surface area contributed by atoms with E-state index in [1.165, 1.54) is 18.7 Å². The summed E-state index contributed by atoms with van der Waals surface area (Å²) in [5.74, 6) is -1.11. The molecule has 0 radical (unpaired) electrons. The van der Waals surface area contributed by atoms with Crippen molar-refractivity contribution in [3.05, 3.63) is 54.0 Å². The maximum absolute atomic E-state index is 12.7. The summed E-state index contributed by atoms with van der Waals surface area (Å²) in [6.07, 6.45) is -4.38. The minimum atomic E-state index is -4.60. The summed E-state index contributed by atoms with van der Waals surface area (Å²) in [7, 11) is 0. The molecule has 1 heterocycles. The molecule has 0 unspecified atom stereocenters. The Balaban J connectivity index is 1.95. The maximum atomic E-state index is 12.7. The minimum Gasteiger partial charge on any atom is -0.472 e. The predicted molar refractivity (Wildman–Crippen MR) is 71.8 cm³/mol. The molecule has 2 rings (SSSR count). The maximum Gasteiger partial charge on any atom is 0.461 e. The summed E-state index contributed by atoms with van der Waals surface area (Å²) < 4.78 is 58.1. The number of benzene rings is 1. The number of furan rings is 1. The second-order valence-electron chi connectivity index (χ2n) is 4.24. The van der Waals surface area contributed by atoms with E-state index in [0.29, 0.717) is 5.56 Å². The van der Waals surface area contributed by atoms with Crippen molar-refractivity contribution in [1.29, 1.82) is 0 Å². The Labute approximate surface area is 127 Å². The Bertz CT molecular complexity index is 670. The molecular weight excluding hydrogens is 320 g/mol. The Morgan fingerprint density at radius 3 is 2.52 bits per heavy atom. The number of hydrogen-bond donors (Lipinski definition) is 1. The summed E-state index contributed by atoms with van der Waals surface area (Å²) in [5.41, 5.74) is 2.92. The molecule has 0 saturated carbocycles. The van der Waals surface area contributed by atoms with Crippen LogP contribution in [0, 0.1) is 0 Å². The number of hydrazone groups is 1. The van der Waals surface area contributed by atoms with Gasteiger partial charge in [-0.1, -0.05) is 0 Å². The van der Waals surface area contributed by atoms with E-state index in [1.807, 2.05) is 0 Å². The van der Waals surface area contributed by atoms with Crippen molar-refractivity contribution in [2.24, 2.45) is 5.10 Å². The second kappa shape index (κ2) is 6.95. The van der Waals surface area contributed by atoms with Crippen LogP contribution in [-0.2, 0) is 0 Å². The fourth-order valence-electron chi connectivity index (χ4n) is 1.45. The number of nitrogens with zero attached hydrogens (tertiary/aromatic N) is 1. The van der Waals surface area contributed by atoms with Crippen molar-refractivity contribution in [2.75, 3.05) is 0 Å². The zero-order valence-electron chi connectivity index (χ0n) is 11.4. The number of halogens is 4. The normalized spacial score (nSPS) is 11.9. The van der Waals surface area contributed by atoms with Crippen LogP contribution < -0.4 is 10.2 Å². The van der Waals surface area contributed by atoms with Crippen LogP contribution in [0.1, 0.15) is 15.9 Å². The molecule has 5 nitrogen and oxygen atoms in total. The van der Waals surface area contributed by atoms with E-state index < -0.39 is 24.2 Å². The highest BCUT2D eigenvalue weighted by Gasteiger charge is 2.43. The Morgan fingerprint density at radius 2 is 1.96 bits per heavy atom. The molecule has 1 aromatic heterocycles. The fourth-order valence-corrected chi connectivity index (χ4v) is 1.45. The zero-order valence-corrected chi connectivity index (χ0v) is 11.4. The van der Waals surface area contributed by atoms with E-state index in [0.717, 1.165) is 24.3 Å². The van der Waals surface area contributed by atoms with Gasteiger partial charge in [-0.25, -0.2) is 5.43 Å². The minimum absolute atomic E-state index is 0.0852. The lowest BCUT2D eigenvalue weighted by molar-refractivity contribution is -0.253. The van der Waals surface area contributed by atoms with Gasteiger partial charge in [0.05, 0.1) is 18.7 Å². The smallest absolute Gasteiger partial charge is 0.461 e. The van der Waals surface area contributed by atoms with Gasteiger partial charge >= 0.3 is 12.5 Å². The molecule has 0 aliphatic carbocycles. The monoisotopic (exact) mass is 330 g/mol. The topological polar surface area (TPSA) is 63.8 Å². The van der Waals surface area contributed by atoms with Crippen LogP contribution in [-0.4, -0.2) is 24.7 Å². The molecule has 0 bridgehead atoms. The third-order valence-corrected chi connectivity index (χ3v) is 2.55. The predicted octanol–water partition coefficient (Wildman–Crippen LogP) is 3.28. The van der Waals surface area contributed by atoms with Crippen LogP contribution in [0.3, 0.4) is 0 Å². The average molecular weight is 330 g/mol. The SMILES string of the molecule is O=C(N/N=C/c1ccoc1)c1ccc(OC(F)(F)C(F)F)cc1. The summed E-state index contributed by atoms with van der Waals surface area (Å²) in [5, 5.41) is 3.66. The molecule has 9 heteroatoms. The number of ether oxygens (including phenoxy) is 1. The van der Waals surface area contributed by atoms with Crippen LogP contribution in [0.5, 0.6) is 5.75 Å². The standard InChI is InChI=1S/C14H10F4N2O3/c15-13(16)14(17,18)23-11-3-1-10(2-4-11)12(21)20-19-7-9-5-6-22-8-9/h1-8,13H,(H,20,21)/b19-7+. The molecule has 1 amide bonds. The summed E-state index contributed by atoms with van der Waals surface area (Å²) in [6, 6.07) is 5.85. The zero-order chi connectivity index (χ0) is 16.9. The van der Waals surface area contributed by atoms with E-state index in [4.69, 9.17) is 4.42 Å². The highest BCUT2D eigenvalue weighted by molar-refractivity contribution is 5.94. The molecule has 0 fully saturated rings. The lowest BCUT2D eigenvalue weighted by Gasteiger charge is -2.16. The van der Waals surface area contributed by atoms with Crippen molar-refractivity contribution < 1.29 is 31.5 Å². The van der Waals surface area contributed by atoms with Gasteiger partial charge in [-0.15, -0.1) is 0 Å². The molecule has 23 heavy (non-hydrogen) atoms.